The van der Waals surface area contributed by atoms with Gasteiger partial charge < -0.3 is 10.6 Å². The van der Waals surface area contributed by atoms with Crippen molar-refractivity contribution in [2.24, 2.45) is 0 Å². The van der Waals surface area contributed by atoms with Gasteiger partial charge in [0.25, 0.3) is 0 Å². The molecule has 2 aromatic carbocycles. The summed E-state index contributed by atoms with van der Waals surface area (Å²) in [7, 11) is 0. The van der Waals surface area contributed by atoms with Crippen LogP contribution in [-0.2, 0) is 0 Å². The van der Waals surface area contributed by atoms with Crippen LogP contribution in [-0.4, -0.2) is 6.03 Å². The van der Waals surface area contributed by atoms with Gasteiger partial charge in [0.1, 0.15) is 0 Å². The van der Waals surface area contributed by atoms with Gasteiger partial charge in [-0.15, -0.1) is 0 Å². The van der Waals surface area contributed by atoms with Gasteiger partial charge in [0.05, 0.1) is 12.1 Å². The lowest BCUT2D eigenvalue weighted by atomic mass is 10.1. The minimum absolute atomic E-state index is 0.275. The summed E-state index contributed by atoms with van der Waals surface area (Å²) in [6.45, 7) is 3.68. The first-order chi connectivity index (χ1) is 11.3. The van der Waals surface area contributed by atoms with E-state index in [1.807, 2.05) is 13.8 Å². The van der Waals surface area contributed by atoms with Crippen molar-refractivity contribution in [2.75, 3.05) is 0 Å². The summed E-state index contributed by atoms with van der Waals surface area (Å²) >= 11 is 24.1. The van der Waals surface area contributed by atoms with Crippen LogP contribution in [0.15, 0.2) is 36.4 Å². The molecule has 0 radical (unpaired) electrons. The van der Waals surface area contributed by atoms with Gasteiger partial charge in [0.15, 0.2) is 0 Å². The fraction of sp³-hybridized carbons (Fsp3) is 0.235. The Labute approximate surface area is 161 Å². The van der Waals surface area contributed by atoms with Crippen LogP contribution in [0.4, 0.5) is 4.79 Å². The molecule has 128 valence electrons. The van der Waals surface area contributed by atoms with Crippen molar-refractivity contribution >= 4 is 52.4 Å². The van der Waals surface area contributed by atoms with Crippen LogP contribution < -0.4 is 10.6 Å². The lowest BCUT2D eigenvalue weighted by molar-refractivity contribution is 0.235. The van der Waals surface area contributed by atoms with Crippen molar-refractivity contribution in [2.45, 2.75) is 25.9 Å². The number of hydrogen-bond acceptors (Lipinski definition) is 1. The Balaban J connectivity index is 2.01. The number of urea groups is 1. The maximum atomic E-state index is 12.2. The van der Waals surface area contributed by atoms with E-state index in [1.165, 1.54) is 0 Å². The van der Waals surface area contributed by atoms with E-state index in [4.69, 9.17) is 46.4 Å². The first-order valence-corrected chi connectivity index (χ1v) is 8.76. The standard InChI is InChI=1S/C17H16Cl4N2O/c1-9(13-5-3-11(18)7-15(13)20)22-17(24)23-10(2)14-6-4-12(19)8-16(14)21/h3-10H,1-2H3,(H2,22,23,24)/t9-,10+. The summed E-state index contributed by atoms with van der Waals surface area (Å²) in [6.07, 6.45) is 0. The van der Waals surface area contributed by atoms with Gasteiger partial charge in [-0.05, 0) is 49.2 Å². The molecule has 7 heteroatoms. The van der Waals surface area contributed by atoms with Gasteiger partial charge in [0, 0.05) is 20.1 Å². The molecule has 2 rings (SSSR count). The highest BCUT2D eigenvalue weighted by Crippen LogP contribution is 2.27. The van der Waals surface area contributed by atoms with E-state index >= 15 is 0 Å². The van der Waals surface area contributed by atoms with Crippen molar-refractivity contribution in [3.63, 3.8) is 0 Å². The van der Waals surface area contributed by atoms with Gasteiger partial charge >= 0.3 is 6.03 Å². The molecule has 2 aromatic rings. The Hall–Kier alpha value is -1.13. The fourth-order valence-corrected chi connectivity index (χ4v) is 3.44. The van der Waals surface area contributed by atoms with Gasteiger partial charge in [-0.25, -0.2) is 4.79 Å². The number of carbonyl (C=O) groups is 1. The molecule has 0 saturated heterocycles. The van der Waals surface area contributed by atoms with E-state index in [1.54, 1.807) is 36.4 Å². The van der Waals surface area contributed by atoms with Crippen molar-refractivity contribution in [1.82, 2.24) is 10.6 Å². The molecule has 0 aliphatic heterocycles. The zero-order valence-electron chi connectivity index (χ0n) is 13.0. The zero-order valence-corrected chi connectivity index (χ0v) is 16.1. The topological polar surface area (TPSA) is 41.1 Å². The lowest BCUT2D eigenvalue weighted by Crippen LogP contribution is -2.38. The highest BCUT2D eigenvalue weighted by atomic mass is 35.5. The van der Waals surface area contributed by atoms with Crippen molar-refractivity contribution in [1.29, 1.82) is 0 Å². The number of halogens is 4. The third-order valence-electron chi connectivity index (χ3n) is 3.55. The molecule has 0 aliphatic rings. The molecule has 2 N–H and O–H groups in total. The van der Waals surface area contributed by atoms with Crippen LogP contribution in [0.1, 0.15) is 37.1 Å². The number of benzene rings is 2. The maximum absolute atomic E-state index is 12.2. The molecule has 3 nitrogen and oxygen atoms in total. The van der Waals surface area contributed by atoms with Crippen LogP contribution in [0, 0.1) is 0 Å². The minimum atomic E-state index is -0.327. The number of carbonyl (C=O) groups excluding carboxylic acids is 1. The summed E-state index contributed by atoms with van der Waals surface area (Å²) in [5, 5.41) is 7.79. The molecular weight excluding hydrogens is 390 g/mol. The normalized spacial score (nSPS) is 13.2. The quantitative estimate of drug-likeness (QED) is 0.605. The summed E-state index contributed by atoms with van der Waals surface area (Å²) in [4.78, 5) is 12.2. The molecular formula is C17H16Cl4N2O. The second kappa shape index (κ2) is 8.30. The second-order valence-electron chi connectivity index (χ2n) is 5.39. The molecule has 0 fully saturated rings. The molecule has 0 saturated carbocycles. The van der Waals surface area contributed by atoms with Gasteiger partial charge in [-0.1, -0.05) is 58.5 Å². The predicted molar refractivity (Wildman–Crippen MR) is 101 cm³/mol. The molecule has 0 bridgehead atoms. The fourth-order valence-electron chi connectivity index (χ4n) is 2.30. The first-order valence-electron chi connectivity index (χ1n) is 7.25. The van der Waals surface area contributed by atoms with E-state index in [-0.39, 0.29) is 18.1 Å². The molecule has 0 aromatic heterocycles. The van der Waals surface area contributed by atoms with Gasteiger partial charge in [-0.3, -0.25) is 0 Å². The molecule has 0 heterocycles. The number of nitrogens with one attached hydrogen (secondary N) is 2. The minimum Gasteiger partial charge on any atom is -0.332 e. The largest absolute Gasteiger partial charge is 0.332 e. The smallest absolute Gasteiger partial charge is 0.315 e. The highest BCUT2D eigenvalue weighted by molar-refractivity contribution is 6.35. The summed E-state index contributed by atoms with van der Waals surface area (Å²) < 4.78 is 0. The van der Waals surface area contributed by atoms with Crippen molar-refractivity contribution in [3.05, 3.63) is 67.6 Å². The van der Waals surface area contributed by atoms with Crippen LogP contribution in [0.3, 0.4) is 0 Å². The summed E-state index contributed by atoms with van der Waals surface area (Å²) in [6, 6.07) is 9.45. The Morgan fingerprint density at radius 1 is 0.792 bits per heavy atom. The Morgan fingerprint density at radius 3 is 1.50 bits per heavy atom. The molecule has 24 heavy (non-hydrogen) atoms. The second-order valence-corrected chi connectivity index (χ2v) is 7.08. The van der Waals surface area contributed by atoms with Gasteiger partial charge in [-0.2, -0.15) is 0 Å². The van der Waals surface area contributed by atoms with Crippen LogP contribution in [0.25, 0.3) is 0 Å². The molecule has 0 spiro atoms. The molecule has 0 unspecified atom stereocenters. The van der Waals surface area contributed by atoms with E-state index in [0.29, 0.717) is 20.1 Å². The van der Waals surface area contributed by atoms with Crippen LogP contribution >= 0.6 is 46.4 Å². The van der Waals surface area contributed by atoms with Crippen molar-refractivity contribution in [3.8, 4) is 0 Å². The summed E-state index contributed by atoms with van der Waals surface area (Å²) in [5.41, 5.74) is 1.57. The van der Waals surface area contributed by atoms with Crippen LogP contribution in [0.2, 0.25) is 20.1 Å². The third kappa shape index (κ3) is 4.93. The lowest BCUT2D eigenvalue weighted by Gasteiger charge is -2.20. The first kappa shape index (κ1) is 19.2. The molecule has 2 amide bonds. The number of hydrogen-bond donors (Lipinski definition) is 2. The SMILES string of the molecule is C[C@H](NC(=O)N[C@H](C)c1ccc(Cl)cc1Cl)c1ccc(Cl)cc1Cl. The average molecular weight is 406 g/mol. The third-order valence-corrected chi connectivity index (χ3v) is 4.68. The monoisotopic (exact) mass is 404 g/mol. The average Bonchev–Trinajstić information content (AvgIpc) is 2.46. The Kier molecular flexibility index (Phi) is 6.64. The van der Waals surface area contributed by atoms with Crippen LogP contribution in [0.5, 0.6) is 0 Å². The Morgan fingerprint density at radius 2 is 1.17 bits per heavy atom. The maximum Gasteiger partial charge on any atom is 0.315 e. The van der Waals surface area contributed by atoms with E-state index in [9.17, 15) is 4.79 Å². The predicted octanol–water partition coefficient (Wildman–Crippen LogP) is 6.42. The number of amides is 2. The zero-order chi connectivity index (χ0) is 17.9. The van der Waals surface area contributed by atoms with Gasteiger partial charge in [0.2, 0.25) is 0 Å². The highest BCUT2D eigenvalue weighted by Gasteiger charge is 2.16. The van der Waals surface area contributed by atoms with Crippen molar-refractivity contribution < 1.29 is 4.79 Å². The van der Waals surface area contributed by atoms with E-state index < -0.39 is 0 Å². The Bertz CT molecular complexity index is 690. The molecule has 2 atom stereocenters. The molecule has 0 aliphatic carbocycles. The summed E-state index contributed by atoms with van der Waals surface area (Å²) in [5.74, 6) is 0. The van der Waals surface area contributed by atoms with E-state index in [0.717, 1.165) is 11.1 Å². The van der Waals surface area contributed by atoms with E-state index in [2.05, 4.69) is 10.6 Å². The number of rotatable bonds is 4.